The Balaban J connectivity index is 0.00000432. The van der Waals surface area contributed by atoms with Gasteiger partial charge in [-0.25, -0.2) is 19.0 Å². The summed E-state index contributed by atoms with van der Waals surface area (Å²) in [5, 5.41) is 74.5. The number of ketones is 1. The van der Waals surface area contributed by atoms with Crippen LogP contribution in [0.2, 0.25) is 0 Å². The minimum absolute atomic E-state index is 0. The van der Waals surface area contributed by atoms with Gasteiger partial charge in [-0.3, -0.25) is 9.59 Å². The topological polar surface area (TPSA) is 306 Å². The Morgan fingerprint density at radius 1 is 1.00 bits per heavy atom. The molecule has 3 fully saturated rings. The number of hydrogen-bond acceptors (Lipinski definition) is 18. The van der Waals surface area contributed by atoms with Crippen molar-refractivity contribution in [3.63, 3.8) is 0 Å². The van der Waals surface area contributed by atoms with Gasteiger partial charge in [0.15, 0.2) is 11.9 Å². The number of amides is 1. The number of aliphatic hydroxyl groups excluding tert-OH is 3. The van der Waals surface area contributed by atoms with Crippen molar-refractivity contribution in [1.29, 1.82) is 0 Å². The second-order valence-corrected chi connectivity index (χ2v) is 18.0. The molecule has 2 bridgehead atoms. The van der Waals surface area contributed by atoms with Crippen LogP contribution in [-0.2, 0) is 44.6 Å². The number of ether oxygens (including phenoxy) is 5. The van der Waals surface area contributed by atoms with Crippen LogP contribution in [0.5, 0.6) is 0 Å². The second-order valence-electron chi connectivity index (χ2n) is 18.0. The van der Waals surface area contributed by atoms with E-state index in [1.54, 1.807) is 48.5 Å². The number of Topliss-reactive ketones (excluding diaryl/α,β-unsaturated/α-hetero) is 1. The zero-order chi connectivity index (χ0) is 48.1. The Morgan fingerprint density at radius 2 is 1.63 bits per heavy atom. The molecule has 12 atom stereocenters. The molecule has 1 saturated heterocycles. The molecule has 3 aliphatic carbocycles. The van der Waals surface area contributed by atoms with E-state index in [1.165, 1.54) is 52.9 Å². The predicted molar refractivity (Wildman–Crippen MR) is 224 cm³/mol. The average Bonchev–Trinajstić information content (AvgIpc) is 3.74. The molecule has 3 aromatic rings. The van der Waals surface area contributed by atoms with E-state index in [4.69, 9.17) is 23.7 Å². The van der Waals surface area contributed by atoms with Crippen LogP contribution in [0, 0.1) is 115 Å². The van der Waals surface area contributed by atoms with Crippen LogP contribution in [0.25, 0.3) is 0 Å². The van der Waals surface area contributed by atoms with Gasteiger partial charge < -0.3 is 64.6 Å². The van der Waals surface area contributed by atoms with Crippen molar-refractivity contribution < 1.29 is 166 Å². The minimum Gasteiger partial charge on any atom is -0.456 e. The molecule has 1 aliphatic heterocycles. The smallest absolute Gasteiger partial charge is 0.456 e. The quantitative estimate of drug-likeness (QED) is 0.0466. The number of esters is 2. The number of benzene rings is 2. The summed E-state index contributed by atoms with van der Waals surface area (Å²) in [5.41, 5.74) is -8.25. The molecule has 68 heavy (non-hydrogen) atoms. The van der Waals surface area contributed by atoms with Crippen LogP contribution in [0.1, 0.15) is 69.4 Å². The summed E-state index contributed by atoms with van der Waals surface area (Å²) in [7, 11) is 0. The molecule has 23 heteroatoms. The maximum Gasteiger partial charge on any atom is 0.508 e. The van der Waals surface area contributed by atoms with E-state index in [2.05, 4.69) is 10.3 Å². The SMILES string of the molecule is CC(=O)NC(c1ccccc1)C(O)C(=O)OC1CC2(O)C(OC(=O)c3ccccc3)C3C4(O)COC4CC(OC(=O)OCC(O)Cn4ccnc4[N+](=O)[O-])[C@@]3(C)C(=O)C(O)C(=C1C)C2(C)C.[Ac].[Ac]. The van der Waals surface area contributed by atoms with E-state index in [9.17, 15) is 54.8 Å². The van der Waals surface area contributed by atoms with Gasteiger partial charge in [0.2, 0.25) is 5.91 Å². The third kappa shape index (κ3) is 10.1. The average molecular weight is 1370 g/mol. The molecule has 1 amide bonds. The Hall–Kier alpha value is -3.22. The van der Waals surface area contributed by atoms with Crippen LogP contribution >= 0.6 is 0 Å². The number of aliphatic hydroxyl groups is 5. The fraction of sp³-hybridized carbons (Fsp3) is 0.511. The van der Waals surface area contributed by atoms with Crippen LogP contribution in [-0.4, -0.2) is 137 Å². The van der Waals surface area contributed by atoms with E-state index >= 15 is 4.79 Å². The number of fused-ring (bicyclic) bond motifs is 5. The van der Waals surface area contributed by atoms with E-state index < -0.39 is 144 Å². The molecule has 0 spiro atoms. The van der Waals surface area contributed by atoms with E-state index in [-0.39, 0.29) is 111 Å². The van der Waals surface area contributed by atoms with Gasteiger partial charge in [0, 0.05) is 119 Å². The van der Waals surface area contributed by atoms with Crippen LogP contribution < -0.4 is 5.32 Å². The first-order chi connectivity index (χ1) is 31.1. The first-order valence-electron chi connectivity index (χ1n) is 21.2. The van der Waals surface area contributed by atoms with Crippen molar-refractivity contribution in [3.05, 3.63) is 105 Å². The maximum absolute atomic E-state index is 15.3. The third-order valence-electron chi connectivity index (χ3n) is 13.8. The summed E-state index contributed by atoms with van der Waals surface area (Å²) >= 11 is 0. The summed E-state index contributed by atoms with van der Waals surface area (Å²) in [6.07, 6.45) is -12.0. The van der Waals surface area contributed by atoms with Gasteiger partial charge in [-0.05, 0) is 47.6 Å². The number of nitro groups is 1. The molecule has 2 aromatic carbocycles. The van der Waals surface area contributed by atoms with Crippen molar-refractivity contribution in [2.24, 2.45) is 16.7 Å². The summed E-state index contributed by atoms with van der Waals surface area (Å²) in [5.74, 6) is -6.21. The summed E-state index contributed by atoms with van der Waals surface area (Å²) in [6, 6.07) is 14.4. The van der Waals surface area contributed by atoms with Gasteiger partial charge in [-0.1, -0.05) is 67.4 Å². The number of nitrogens with zero attached hydrogens (tertiary/aromatic N) is 3. The van der Waals surface area contributed by atoms with Crippen LogP contribution in [0.4, 0.5) is 10.7 Å². The van der Waals surface area contributed by atoms with E-state index in [0.29, 0.717) is 5.56 Å². The standard InChI is InChI=1S/C45H52N4O17.2Ac/c1-23-28(64-39(56)34(53)32(47-24(2)50)25-12-8-6-9-13-25)19-45(59)37(66-38(55)26-14-10-7-11-15-26)35-43(5,36(54)33(52)31(23)42(45,3)4)29(18-30-44(35,58)22-63-30)65-41(57)62-21-27(51)20-48-17-16-46-40(48)49(60)61;;/h6-17,27-30,32-35,37,51-53,58-59H,18-22H2,1-5H3,(H,47,50);;/t27?,28?,29?,30?,32?,33?,34?,35?,37?,43-,44?,45?;;/m1../s1. The molecule has 11 unspecified atom stereocenters. The Morgan fingerprint density at radius 3 is 2.22 bits per heavy atom. The largest absolute Gasteiger partial charge is 0.508 e. The van der Waals surface area contributed by atoms with Gasteiger partial charge in [0.05, 0.1) is 29.7 Å². The summed E-state index contributed by atoms with van der Waals surface area (Å²) < 4.78 is 30.0. The van der Waals surface area contributed by atoms with Gasteiger partial charge in [0.1, 0.15) is 67.3 Å². The van der Waals surface area contributed by atoms with Crippen LogP contribution in [0.3, 0.4) is 0 Å². The third-order valence-corrected chi connectivity index (χ3v) is 13.8. The molecular formula is C45H52Ac2N4O17. The molecule has 4 aliphatic rings. The minimum atomic E-state index is -2.47. The Kier molecular flexibility index (Phi) is 17.7. The predicted octanol–water partition coefficient (Wildman–Crippen LogP) is 1.63. The molecule has 21 nitrogen and oxygen atoms in total. The number of aromatic nitrogens is 2. The maximum atomic E-state index is 15.3. The van der Waals surface area contributed by atoms with Crippen LogP contribution in [0.15, 0.2) is 84.2 Å². The van der Waals surface area contributed by atoms with E-state index in [1.807, 2.05) is 0 Å². The fourth-order valence-corrected chi connectivity index (χ4v) is 10.3. The molecule has 2 saturated carbocycles. The monoisotopic (exact) mass is 1370 g/mol. The number of rotatable bonds is 13. The first-order valence-corrected chi connectivity index (χ1v) is 21.2. The van der Waals surface area contributed by atoms with Gasteiger partial charge in [0.25, 0.3) is 0 Å². The van der Waals surface area contributed by atoms with Crippen molar-refractivity contribution in [2.45, 2.75) is 114 Å². The molecule has 2 radical (unpaired) electrons. The first kappa shape index (κ1) is 55.7. The molecule has 7 rings (SSSR count). The van der Waals surface area contributed by atoms with Crippen molar-refractivity contribution in [3.8, 4) is 0 Å². The molecule has 360 valence electrons. The number of carbonyl (C=O) groups excluding carboxylic acids is 5. The molecule has 2 heterocycles. The number of hydrogen-bond donors (Lipinski definition) is 6. The zero-order valence-electron chi connectivity index (χ0n) is 37.8. The molecule has 1 aromatic heterocycles. The second kappa shape index (κ2) is 21.6. The molecule has 6 N–H and O–H groups in total. The summed E-state index contributed by atoms with van der Waals surface area (Å²) in [4.78, 5) is 83.4. The van der Waals surface area contributed by atoms with Gasteiger partial charge >= 0.3 is 24.0 Å². The van der Waals surface area contributed by atoms with Crippen molar-refractivity contribution in [2.75, 3.05) is 13.2 Å². The Labute approximate surface area is 461 Å². The number of imidazole rings is 1. The van der Waals surface area contributed by atoms with Crippen molar-refractivity contribution in [1.82, 2.24) is 14.9 Å². The zero-order valence-corrected chi connectivity index (χ0v) is 47.3. The van der Waals surface area contributed by atoms with Gasteiger partial charge in [-0.2, -0.15) is 0 Å². The number of nitrogens with one attached hydrogen (secondary N) is 1. The van der Waals surface area contributed by atoms with Crippen molar-refractivity contribution >= 4 is 35.7 Å². The summed E-state index contributed by atoms with van der Waals surface area (Å²) in [6.45, 7) is 5.29. The van der Waals surface area contributed by atoms with Gasteiger partial charge in [-0.15, -0.1) is 0 Å². The van der Waals surface area contributed by atoms with E-state index in [0.717, 1.165) is 10.8 Å². The number of carbonyl (C=O) groups is 5. The normalized spacial score (nSPS) is 30.3. The molecular weight excluding hydrogens is 1320 g/mol. The Bertz CT molecular complexity index is 2420. The fourth-order valence-electron chi connectivity index (χ4n) is 10.3.